The van der Waals surface area contributed by atoms with Crippen LogP contribution in [0.4, 0.5) is 24.8 Å². The third-order valence-corrected chi connectivity index (χ3v) is 4.23. The van der Waals surface area contributed by atoms with Crippen LogP contribution in [-0.2, 0) is 6.18 Å². The van der Waals surface area contributed by atoms with Gasteiger partial charge in [0.2, 0.25) is 0 Å². The largest absolute Gasteiger partial charge is 0.416 e. The number of nitrogen functional groups attached to an aromatic ring is 1. The van der Waals surface area contributed by atoms with Crippen LogP contribution in [0.2, 0.25) is 0 Å². The summed E-state index contributed by atoms with van der Waals surface area (Å²) in [7, 11) is 1.70. The predicted octanol–water partition coefficient (Wildman–Crippen LogP) is 3.64. The van der Waals surface area contributed by atoms with Gasteiger partial charge in [-0.2, -0.15) is 13.2 Å². The second kappa shape index (κ2) is 5.90. The van der Waals surface area contributed by atoms with Crippen molar-refractivity contribution in [3.63, 3.8) is 0 Å². The van der Waals surface area contributed by atoms with Crippen molar-refractivity contribution in [1.29, 1.82) is 0 Å². The lowest BCUT2D eigenvalue weighted by Gasteiger charge is -2.26. The molecule has 0 aliphatic rings. The van der Waals surface area contributed by atoms with Gasteiger partial charge in [0.25, 0.3) is 0 Å². The van der Waals surface area contributed by atoms with Gasteiger partial charge in [-0.3, -0.25) is 0 Å². The number of hydrogen-bond donors (Lipinski definition) is 2. The van der Waals surface area contributed by atoms with Gasteiger partial charge >= 0.3 is 6.18 Å². The molecule has 0 saturated carbocycles. The lowest BCUT2D eigenvalue weighted by molar-refractivity contribution is -0.137. The molecule has 0 aliphatic heterocycles. The van der Waals surface area contributed by atoms with Gasteiger partial charge in [-0.05, 0) is 30.5 Å². The highest BCUT2D eigenvalue weighted by atomic mass is 32.1. The summed E-state index contributed by atoms with van der Waals surface area (Å²) in [5, 5.41) is 1.92. The van der Waals surface area contributed by atoms with Crippen LogP contribution in [0.15, 0.2) is 29.6 Å². The Bertz CT molecular complexity index is 598. The van der Waals surface area contributed by atoms with Crippen LogP contribution in [0.3, 0.4) is 0 Å². The van der Waals surface area contributed by atoms with Crippen LogP contribution in [0.1, 0.15) is 23.4 Å². The predicted molar refractivity (Wildman–Crippen MR) is 78.2 cm³/mol. The number of hydrazine groups is 1. The first-order valence-electron chi connectivity index (χ1n) is 6.15. The maximum absolute atomic E-state index is 12.9. The lowest BCUT2D eigenvalue weighted by atomic mass is 10.2. The first-order valence-corrected chi connectivity index (χ1v) is 7.03. The number of pyridine rings is 1. The summed E-state index contributed by atoms with van der Waals surface area (Å²) in [5.41, 5.74) is 1.39. The van der Waals surface area contributed by atoms with Crippen LogP contribution >= 0.6 is 11.3 Å². The molecule has 114 valence electrons. The molecule has 0 spiro atoms. The molecule has 0 saturated heterocycles. The van der Waals surface area contributed by atoms with Crippen molar-refractivity contribution in [3.05, 3.63) is 40.1 Å². The van der Waals surface area contributed by atoms with Crippen molar-refractivity contribution in [2.75, 3.05) is 17.4 Å². The van der Waals surface area contributed by atoms with Gasteiger partial charge in [0.15, 0.2) is 0 Å². The zero-order valence-corrected chi connectivity index (χ0v) is 12.3. The van der Waals surface area contributed by atoms with Gasteiger partial charge in [-0.1, -0.05) is 6.07 Å². The van der Waals surface area contributed by atoms with Gasteiger partial charge in [-0.15, -0.1) is 11.3 Å². The summed E-state index contributed by atoms with van der Waals surface area (Å²) in [4.78, 5) is 6.81. The summed E-state index contributed by atoms with van der Waals surface area (Å²) in [6, 6.07) is 5.64. The number of halogens is 3. The van der Waals surface area contributed by atoms with Crippen LogP contribution < -0.4 is 16.2 Å². The first kappa shape index (κ1) is 15.6. The molecule has 0 fully saturated rings. The minimum absolute atomic E-state index is 0.0231. The molecule has 1 unspecified atom stereocenters. The molecule has 0 bridgehead atoms. The number of nitrogens with one attached hydrogen (secondary N) is 1. The number of alkyl halides is 3. The van der Waals surface area contributed by atoms with E-state index < -0.39 is 11.7 Å². The van der Waals surface area contributed by atoms with Crippen molar-refractivity contribution in [2.24, 2.45) is 5.84 Å². The second-order valence-corrected chi connectivity index (χ2v) is 5.52. The third kappa shape index (κ3) is 3.45. The summed E-state index contributed by atoms with van der Waals surface area (Å²) in [5.74, 6) is 5.39. The molecule has 1 atom stereocenters. The summed E-state index contributed by atoms with van der Waals surface area (Å²) in [6.07, 6.45) is -4.45. The minimum atomic E-state index is -4.45. The SMILES string of the molecule is CC(c1cccs1)N(C)c1cc(C(F)(F)F)cc(NN)n1. The van der Waals surface area contributed by atoms with E-state index in [1.807, 2.05) is 24.4 Å². The Morgan fingerprint density at radius 3 is 2.62 bits per heavy atom. The fraction of sp³-hybridized carbons (Fsp3) is 0.308. The van der Waals surface area contributed by atoms with Gasteiger partial charge in [0.1, 0.15) is 11.6 Å². The minimum Gasteiger partial charge on any atom is -0.352 e. The van der Waals surface area contributed by atoms with Gasteiger partial charge in [-0.25, -0.2) is 10.8 Å². The van der Waals surface area contributed by atoms with Gasteiger partial charge < -0.3 is 10.3 Å². The Morgan fingerprint density at radius 1 is 1.38 bits per heavy atom. The third-order valence-electron chi connectivity index (χ3n) is 3.18. The van der Waals surface area contributed by atoms with Crippen LogP contribution in [0, 0.1) is 0 Å². The van der Waals surface area contributed by atoms with Gasteiger partial charge in [0.05, 0.1) is 11.6 Å². The number of thiophene rings is 1. The van der Waals surface area contributed by atoms with E-state index in [0.29, 0.717) is 0 Å². The topological polar surface area (TPSA) is 54.2 Å². The maximum atomic E-state index is 12.9. The molecule has 4 nitrogen and oxygen atoms in total. The smallest absolute Gasteiger partial charge is 0.352 e. The van der Waals surface area contributed by atoms with Gasteiger partial charge in [0, 0.05) is 11.9 Å². The van der Waals surface area contributed by atoms with E-state index in [9.17, 15) is 13.2 Å². The zero-order chi connectivity index (χ0) is 15.6. The highest BCUT2D eigenvalue weighted by molar-refractivity contribution is 7.10. The molecule has 0 radical (unpaired) electrons. The Kier molecular flexibility index (Phi) is 4.38. The summed E-state index contributed by atoms with van der Waals surface area (Å²) < 4.78 is 38.7. The zero-order valence-electron chi connectivity index (χ0n) is 11.5. The first-order chi connectivity index (χ1) is 9.82. The van der Waals surface area contributed by atoms with Crippen LogP contribution in [-0.4, -0.2) is 12.0 Å². The average Bonchev–Trinajstić information content (AvgIpc) is 2.98. The van der Waals surface area contributed by atoms with Crippen molar-refractivity contribution in [1.82, 2.24) is 4.98 Å². The molecule has 0 aromatic carbocycles. The van der Waals surface area contributed by atoms with E-state index in [4.69, 9.17) is 5.84 Å². The van der Waals surface area contributed by atoms with E-state index in [-0.39, 0.29) is 17.7 Å². The molecule has 2 heterocycles. The average molecular weight is 316 g/mol. The van der Waals surface area contributed by atoms with Crippen molar-refractivity contribution >= 4 is 23.0 Å². The maximum Gasteiger partial charge on any atom is 0.416 e. The molecule has 3 N–H and O–H groups in total. The fourth-order valence-corrected chi connectivity index (χ4v) is 2.68. The Morgan fingerprint density at radius 2 is 2.10 bits per heavy atom. The van der Waals surface area contributed by atoms with E-state index in [1.165, 1.54) is 0 Å². The number of aromatic nitrogens is 1. The standard InChI is InChI=1S/C13H15F3N4S/c1-8(10-4-3-5-21-10)20(2)12-7-9(13(14,15)16)6-11(18-12)19-17/h3-8H,17H2,1-2H3,(H,18,19). The summed E-state index contributed by atoms with van der Waals surface area (Å²) >= 11 is 1.54. The molecule has 8 heteroatoms. The van der Waals surface area contributed by atoms with E-state index in [2.05, 4.69) is 10.4 Å². The number of rotatable bonds is 4. The highest BCUT2D eigenvalue weighted by Gasteiger charge is 2.32. The Labute approximate surface area is 124 Å². The number of hydrogen-bond acceptors (Lipinski definition) is 5. The second-order valence-electron chi connectivity index (χ2n) is 4.54. The lowest BCUT2D eigenvalue weighted by Crippen LogP contribution is -2.23. The normalized spacial score (nSPS) is 13.0. The van der Waals surface area contributed by atoms with Crippen LogP contribution in [0.25, 0.3) is 0 Å². The summed E-state index contributed by atoms with van der Waals surface area (Å²) in [6.45, 7) is 1.91. The van der Waals surface area contributed by atoms with E-state index in [0.717, 1.165) is 17.0 Å². The fourth-order valence-electron chi connectivity index (χ4n) is 1.85. The highest BCUT2D eigenvalue weighted by Crippen LogP contribution is 2.34. The monoisotopic (exact) mass is 316 g/mol. The molecular weight excluding hydrogens is 301 g/mol. The number of anilines is 2. The molecule has 21 heavy (non-hydrogen) atoms. The molecule has 2 rings (SSSR count). The quantitative estimate of drug-likeness (QED) is 0.668. The molecule has 0 aliphatic carbocycles. The van der Waals surface area contributed by atoms with E-state index in [1.54, 1.807) is 23.3 Å². The molecule has 0 amide bonds. The number of nitrogens with zero attached hydrogens (tertiary/aromatic N) is 2. The Balaban J connectivity index is 2.38. The van der Waals surface area contributed by atoms with Crippen molar-refractivity contribution in [3.8, 4) is 0 Å². The Hall–Kier alpha value is -1.80. The molecule has 2 aromatic heterocycles. The van der Waals surface area contributed by atoms with Crippen molar-refractivity contribution < 1.29 is 13.2 Å². The van der Waals surface area contributed by atoms with Crippen molar-refractivity contribution in [2.45, 2.75) is 19.1 Å². The molecule has 2 aromatic rings. The van der Waals surface area contributed by atoms with Crippen LogP contribution in [0.5, 0.6) is 0 Å². The molecular formula is C13H15F3N4S. The van der Waals surface area contributed by atoms with E-state index >= 15 is 0 Å². The number of nitrogens with two attached hydrogens (primary N) is 1.